The van der Waals surface area contributed by atoms with Crippen molar-refractivity contribution < 1.29 is 4.79 Å². The zero-order valence-electron chi connectivity index (χ0n) is 13.3. The van der Waals surface area contributed by atoms with Crippen LogP contribution in [0.15, 0.2) is 24.3 Å². The molecule has 0 bridgehead atoms. The van der Waals surface area contributed by atoms with Gasteiger partial charge in [0.1, 0.15) is 0 Å². The van der Waals surface area contributed by atoms with E-state index in [1.807, 2.05) is 13.8 Å². The highest BCUT2D eigenvalue weighted by Crippen LogP contribution is 2.22. The van der Waals surface area contributed by atoms with Crippen LogP contribution in [0.2, 0.25) is 0 Å². The first-order chi connectivity index (χ1) is 9.36. The fourth-order valence-electron chi connectivity index (χ4n) is 2.15. The summed E-state index contributed by atoms with van der Waals surface area (Å²) in [7, 11) is 0. The highest BCUT2D eigenvalue weighted by molar-refractivity contribution is 5.82. The molecule has 0 radical (unpaired) electrons. The van der Waals surface area contributed by atoms with Gasteiger partial charge in [0.25, 0.3) is 0 Å². The molecule has 0 heterocycles. The van der Waals surface area contributed by atoms with E-state index < -0.39 is 6.04 Å². The van der Waals surface area contributed by atoms with Gasteiger partial charge in [-0.3, -0.25) is 4.79 Å². The fraction of sp³-hybridized carbons (Fsp3) is 0.588. The van der Waals surface area contributed by atoms with Gasteiger partial charge in [0.05, 0.1) is 12.1 Å². The van der Waals surface area contributed by atoms with Crippen LogP contribution in [0.4, 0.5) is 0 Å². The summed E-state index contributed by atoms with van der Waals surface area (Å²) in [6.07, 6.45) is 1.03. The first-order valence-corrected chi connectivity index (χ1v) is 7.51. The average Bonchev–Trinajstić information content (AvgIpc) is 2.43. The van der Waals surface area contributed by atoms with Crippen molar-refractivity contribution in [1.82, 2.24) is 5.32 Å². The van der Waals surface area contributed by atoms with Crippen molar-refractivity contribution in [1.29, 1.82) is 0 Å². The number of benzene rings is 1. The summed E-state index contributed by atoms with van der Waals surface area (Å²) in [6.45, 7) is 10.3. The monoisotopic (exact) mass is 276 g/mol. The number of aryl methyl sites for hydroxylation is 1. The van der Waals surface area contributed by atoms with E-state index in [9.17, 15) is 4.79 Å². The smallest absolute Gasteiger partial charge is 0.237 e. The maximum absolute atomic E-state index is 12.2. The van der Waals surface area contributed by atoms with Gasteiger partial charge in [-0.25, -0.2) is 0 Å². The SMILES string of the molecule is CCc1ccc(C(NC(=O)[C@@H](N)C(C)C)C(C)C)cc1. The Labute approximate surface area is 122 Å². The van der Waals surface area contributed by atoms with Crippen molar-refractivity contribution in [2.24, 2.45) is 17.6 Å². The van der Waals surface area contributed by atoms with Crippen molar-refractivity contribution in [3.63, 3.8) is 0 Å². The maximum atomic E-state index is 12.2. The topological polar surface area (TPSA) is 55.1 Å². The molecule has 2 atom stereocenters. The molecule has 0 saturated carbocycles. The van der Waals surface area contributed by atoms with Crippen LogP contribution >= 0.6 is 0 Å². The third-order valence-corrected chi connectivity index (χ3v) is 3.73. The Balaban J connectivity index is 2.86. The molecule has 0 fully saturated rings. The van der Waals surface area contributed by atoms with Gasteiger partial charge in [-0.05, 0) is 29.4 Å². The minimum atomic E-state index is -0.453. The molecule has 0 aliphatic carbocycles. The lowest BCUT2D eigenvalue weighted by atomic mass is 9.94. The predicted molar refractivity (Wildman–Crippen MR) is 84.4 cm³/mol. The zero-order chi connectivity index (χ0) is 15.3. The fourth-order valence-corrected chi connectivity index (χ4v) is 2.15. The molecule has 0 aromatic heterocycles. The maximum Gasteiger partial charge on any atom is 0.237 e. The normalized spacial score (nSPS) is 14.4. The summed E-state index contributed by atoms with van der Waals surface area (Å²) in [4.78, 5) is 12.2. The second-order valence-corrected chi connectivity index (χ2v) is 6.10. The molecule has 0 spiro atoms. The van der Waals surface area contributed by atoms with Crippen molar-refractivity contribution in [3.8, 4) is 0 Å². The minimum absolute atomic E-state index is 0.0122. The lowest BCUT2D eigenvalue weighted by Gasteiger charge is -2.26. The van der Waals surface area contributed by atoms with Gasteiger partial charge in [-0.15, -0.1) is 0 Å². The van der Waals surface area contributed by atoms with Crippen LogP contribution in [-0.4, -0.2) is 11.9 Å². The van der Waals surface area contributed by atoms with E-state index in [1.165, 1.54) is 5.56 Å². The van der Waals surface area contributed by atoms with Crippen LogP contribution in [0.1, 0.15) is 51.8 Å². The summed E-state index contributed by atoms with van der Waals surface area (Å²) in [6, 6.07) is 8.01. The molecule has 1 unspecified atom stereocenters. The highest BCUT2D eigenvalue weighted by Gasteiger charge is 2.23. The Kier molecular flexibility index (Phi) is 6.21. The Morgan fingerprint density at radius 1 is 1.10 bits per heavy atom. The first kappa shape index (κ1) is 16.7. The average molecular weight is 276 g/mol. The number of nitrogens with two attached hydrogens (primary N) is 1. The highest BCUT2D eigenvalue weighted by atomic mass is 16.2. The number of amides is 1. The van der Waals surface area contributed by atoms with Gasteiger partial charge in [-0.1, -0.05) is 58.9 Å². The van der Waals surface area contributed by atoms with E-state index in [4.69, 9.17) is 5.73 Å². The lowest BCUT2D eigenvalue weighted by molar-refractivity contribution is -0.124. The lowest BCUT2D eigenvalue weighted by Crippen LogP contribution is -2.46. The molecule has 1 aromatic carbocycles. The second-order valence-electron chi connectivity index (χ2n) is 6.10. The molecule has 1 rings (SSSR count). The summed E-state index contributed by atoms with van der Waals surface area (Å²) in [5.41, 5.74) is 8.37. The van der Waals surface area contributed by atoms with E-state index in [0.29, 0.717) is 5.92 Å². The molecule has 3 nitrogen and oxygen atoms in total. The molecule has 20 heavy (non-hydrogen) atoms. The largest absolute Gasteiger partial charge is 0.348 e. The number of hydrogen-bond acceptors (Lipinski definition) is 2. The van der Waals surface area contributed by atoms with Gasteiger partial charge < -0.3 is 11.1 Å². The molecule has 3 heteroatoms. The number of hydrogen-bond donors (Lipinski definition) is 2. The molecule has 1 amide bonds. The quantitative estimate of drug-likeness (QED) is 0.839. The number of nitrogens with one attached hydrogen (secondary N) is 1. The van der Waals surface area contributed by atoms with Crippen LogP contribution in [-0.2, 0) is 11.2 Å². The molecule has 112 valence electrons. The second kappa shape index (κ2) is 7.44. The number of rotatable bonds is 6. The molecule has 0 saturated heterocycles. The van der Waals surface area contributed by atoms with Crippen LogP contribution < -0.4 is 11.1 Å². The molecule has 1 aromatic rings. The first-order valence-electron chi connectivity index (χ1n) is 7.51. The van der Waals surface area contributed by atoms with Crippen LogP contribution in [0.3, 0.4) is 0 Å². The van der Waals surface area contributed by atoms with E-state index in [0.717, 1.165) is 12.0 Å². The summed E-state index contributed by atoms with van der Waals surface area (Å²) in [5, 5.41) is 3.09. The van der Waals surface area contributed by atoms with Crippen LogP contribution in [0.25, 0.3) is 0 Å². The standard InChI is InChI=1S/C17H28N2O/c1-6-13-7-9-14(10-8-13)16(12(4)5)19-17(20)15(18)11(2)3/h7-12,15-16H,6,18H2,1-5H3,(H,19,20)/t15-,16?/m0/s1. The summed E-state index contributed by atoms with van der Waals surface area (Å²) >= 11 is 0. The predicted octanol–water partition coefficient (Wildman–Crippen LogP) is 3.05. The molecule has 0 aliphatic heterocycles. The van der Waals surface area contributed by atoms with Gasteiger partial charge in [0, 0.05) is 0 Å². The van der Waals surface area contributed by atoms with Crippen molar-refractivity contribution >= 4 is 5.91 Å². The number of carbonyl (C=O) groups is 1. The van der Waals surface area contributed by atoms with E-state index in [-0.39, 0.29) is 17.9 Å². The van der Waals surface area contributed by atoms with E-state index in [1.54, 1.807) is 0 Å². The molecule has 3 N–H and O–H groups in total. The van der Waals surface area contributed by atoms with Gasteiger partial charge >= 0.3 is 0 Å². The third kappa shape index (κ3) is 4.34. The van der Waals surface area contributed by atoms with Gasteiger partial charge in [-0.2, -0.15) is 0 Å². The van der Waals surface area contributed by atoms with E-state index >= 15 is 0 Å². The van der Waals surface area contributed by atoms with Crippen molar-refractivity contribution in [2.75, 3.05) is 0 Å². The van der Waals surface area contributed by atoms with Crippen molar-refractivity contribution in [3.05, 3.63) is 35.4 Å². The third-order valence-electron chi connectivity index (χ3n) is 3.73. The van der Waals surface area contributed by atoms with E-state index in [2.05, 4.69) is 50.4 Å². The Morgan fingerprint density at radius 3 is 2.05 bits per heavy atom. The Bertz CT molecular complexity index is 423. The zero-order valence-corrected chi connectivity index (χ0v) is 13.3. The Morgan fingerprint density at radius 2 is 1.65 bits per heavy atom. The van der Waals surface area contributed by atoms with Gasteiger partial charge in [0.15, 0.2) is 0 Å². The minimum Gasteiger partial charge on any atom is -0.348 e. The summed E-state index contributed by atoms with van der Waals surface area (Å²) < 4.78 is 0. The summed E-state index contributed by atoms with van der Waals surface area (Å²) in [5.74, 6) is 0.398. The number of carbonyl (C=O) groups excluding carboxylic acids is 1. The van der Waals surface area contributed by atoms with Gasteiger partial charge in [0.2, 0.25) is 5.91 Å². The molecular weight excluding hydrogens is 248 g/mol. The van der Waals surface area contributed by atoms with Crippen LogP contribution in [0, 0.1) is 11.8 Å². The van der Waals surface area contributed by atoms with Crippen molar-refractivity contribution in [2.45, 2.75) is 53.1 Å². The molecule has 0 aliphatic rings. The van der Waals surface area contributed by atoms with Crippen LogP contribution in [0.5, 0.6) is 0 Å². The molecular formula is C17H28N2O. The Hall–Kier alpha value is -1.35.